The van der Waals surface area contributed by atoms with Gasteiger partial charge in [-0.05, 0) is 67.8 Å². The molecule has 8 nitrogen and oxygen atoms in total. The van der Waals surface area contributed by atoms with E-state index in [-0.39, 0.29) is 34.1 Å². The number of sulfonamides is 1. The van der Waals surface area contributed by atoms with Crippen LogP contribution >= 0.6 is 23.2 Å². The molecule has 2 atom stereocenters. The van der Waals surface area contributed by atoms with Crippen LogP contribution in [0.25, 0.3) is 0 Å². The molecule has 0 radical (unpaired) electrons. The van der Waals surface area contributed by atoms with Gasteiger partial charge in [-0.1, -0.05) is 67.4 Å². The van der Waals surface area contributed by atoms with E-state index in [1.165, 1.54) is 35.2 Å². The maximum Gasteiger partial charge on any atom is 0.264 e. The summed E-state index contributed by atoms with van der Waals surface area (Å²) in [6.07, 6.45) is 1.03. The second-order valence-electron chi connectivity index (χ2n) is 9.53. The first-order valence-corrected chi connectivity index (χ1v) is 15.5. The Kier molecular flexibility index (Phi) is 11.5. The smallest absolute Gasteiger partial charge is 0.264 e. The molecular weight excluding hydrogens is 585 g/mol. The molecule has 220 valence electrons. The molecule has 0 saturated heterocycles. The molecule has 0 fully saturated rings. The van der Waals surface area contributed by atoms with Gasteiger partial charge in [0.1, 0.15) is 18.3 Å². The fourth-order valence-electron chi connectivity index (χ4n) is 4.20. The van der Waals surface area contributed by atoms with Crippen molar-refractivity contribution in [2.45, 2.75) is 57.1 Å². The van der Waals surface area contributed by atoms with Gasteiger partial charge in [0, 0.05) is 17.6 Å². The minimum atomic E-state index is -4.23. The van der Waals surface area contributed by atoms with E-state index in [0.29, 0.717) is 23.6 Å². The summed E-state index contributed by atoms with van der Waals surface area (Å²) in [7, 11) is -2.68. The highest BCUT2D eigenvalue weighted by Gasteiger charge is 2.34. The molecule has 0 heterocycles. The molecule has 41 heavy (non-hydrogen) atoms. The molecule has 0 saturated carbocycles. The van der Waals surface area contributed by atoms with Crippen LogP contribution in [0.5, 0.6) is 5.75 Å². The summed E-state index contributed by atoms with van der Waals surface area (Å²) >= 11 is 12.5. The number of hydrogen-bond donors (Lipinski definition) is 1. The lowest BCUT2D eigenvalue weighted by atomic mass is 10.1. The summed E-state index contributed by atoms with van der Waals surface area (Å²) in [5.74, 6) is -0.242. The Hall–Kier alpha value is -3.27. The van der Waals surface area contributed by atoms with Crippen molar-refractivity contribution in [2.75, 3.05) is 18.0 Å². The molecule has 1 N–H and O–H groups in total. The number of amides is 2. The van der Waals surface area contributed by atoms with E-state index in [2.05, 4.69) is 5.32 Å². The Morgan fingerprint density at radius 1 is 0.951 bits per heavy atom. The van der Waals surface area contributed by atoms with Crippen LogP contribution < -0.4 is 14.4 Å². The number of anilines is 1. The molecule has 0 aliphatic carbocycles. The minimum Gasteiger partial charge on any atom is -0.497 e. The van der Waals surface area contributed by atoms with Crippen LogP contribution in [0.15, 0.2) is 77.7 Å². The standard InChI is InChI=1S/C30H35Cl2N3O5S/c1-5-21(3)33-30(37)27(6-2)34(19-22-12-15-24(40-4)16-13-22)29(36)20-35(28-17-14-23(31)18-26(28)32)41(38,39)25-10-8-7-9-11-25/h7-18,21,27H,5-6,19-20H2,1-4H3,(H,33,37)/t21-,27-/m1/s1. The number of methoxy groups -OCH3 is 1. The predicted molar refractivity (Wildman–Crippen MR) is 163 cm³/mol. The van der Waals surface area contributed by atoms with Gasteiger partial charge >= 0.3 is 0 Å². The van der Waals surface area contributed by atoms with Crippen molar-refractivity contribution < 1.29 is 22.7 Å². The fourth-order valence-corrected chi connectivity index (χ4v) is 6.22. The van der Waals surface area contributed by atoms with E-state index < -0.39 is 28.5 Å². The van der Waals surface area contributed by atoms with Crippen molar-refractivity contribution in [1.29, 1.82) is 0 Å². The molecule has 3 aromatic rings. The monoisotopic (exact) mass is 619 g/mol. The molecule has 11 heteroatoms. The van der Waals surface area contributed by atoms with E-state index in [1.54, 1.807) is 49.6 Å². The highest BCUT2D eigenvalue weighted by atomic mass is 35.5. The average molecular weight is 621 g/mol. The van der Waals surface area contributed by atoms with Gasteiger partial charge in [-0.25, -0.2) is 8.42 Å². The number of ether oxygens (including phenoxy) is 1. The van der Waals surface area contributed by atoms with Crippen LogP contribution in [-0.2, 0) is 26.2 Å². The quantitative estimate of drug-likeness (QED) is 0.256. The first-order chi connectivity index (χ1) is 19.5. The maximum atomic E-state index is 14.1. The SMILES string of the molecule is CC[C@@H](C)NC(=O)[C@@H](CC)N(Cc1ccc(OC)cc1)C(=O)CN(c1ccc(Cl)cc1Cl)S(=O)(=O)c1ccccc1. The molecule has 0 spiro atoms. The number of hydrogen-bond acceptors (Lipinski definition) is 5. The van der Waals surface area contributed by atoms with E-state index in [0.717, 1.165) is 9.87 Å². The van der Waals surface area contributed by atoms with Gasteiger partial charge in [0.25, 0.3) is 10.0 Å². The lowest BCUT2D eigenvalue weighted by Gasteiger charge is -2.34. The van der Waals surface area contributed by atoms with Crippen molar-refractivity contribution in [3.8, 4) is 5.75 Å². The van der Waals surface area contributed by atoms with Crippen LogP contribution in [-0.4, -0.2) is 50.9 Å². The van der Waals surface area contributed by atoms with Crippen LogP contribution in [0.1, 0.15) is 39.2 Å². The van der Waals surface area contributed by atoms with Crippen molar-refractivity contribution in [3.63, 3.8) is 0 Å². The Labute approximate surface area is 252 Å². The third-order valence-corrected chi connectivity index (χ3v) is 9.00. The number of nitrogens with one attached hydrogen (secondary N) is 1. The largest absolute Gasteiger partial charge is 0.497 e. The Morgan fingerprint density at radius 2 is 1.61 bits per heavy atom. The number of carbonyl (C=O) groups excluding carboxylic acids is 2. The number of halogens is 2. The summed E-state index contributed by atoms with van der Waals surface area (Å²) in [6, 6.07) is 18.3. The summed E-state index contributed by atoms with van der Waals surface area (Å²) in [4.78, 5) is 28.9. The molecule has 3 rings (SSSR count). The van der Waals surface area contributed by atoms with E-state index in [1.807, 2.05) is 20.8 Å². The molecular formula is C30H35Cl2N3O5S. The van der Waals surface area contributed by atoms with Crippen LogP contribution in [0.4, 0.5) is 5.69 Å². The Morgan fingerprint density at radius 3 is 2.17 bits per heavy atom. The normalized spacial score (nSPS) is 12.7. The Balaban J connectivity index is 2.07. The summed E-state index contributed by atoms with van der Waals surface area (Å²) in [6.45, 7) is 5.12. The number of rotatable bonds is 13. The highest BCUT2D eigenvalue weighted by molar-refractivity contribution is 7.92. The summed E-state index contributed by atoms with van der Waals surface area (Å²) in [5.41, 5.74) is 0.839. The second kappa shape index (κ2) is 14.6. The zero-order chi connectivity index (χ0) is 30.2. The molecule has 0 bridgehead atoms. The van der Waals surface area contributed by atoms with Crippen molar-refractivity contribution >= 4 is 50.7 Å². The topological polar surface area (TPSA) is 96.0 Å². The highest BCUT2D eigenvalue weighted by Crippen LogP contribution is 2.33. The van der Waals surface area contributed by atoms with E-state index >= 15 is 0 Å². The average Bonchev–Trinajstić information content (AvgIpc) is 2.96. The van der Waals surface area contributed by atoms with Gasteiger partial charge in [0.05, 0.1) is 22.7 Å². The van der Waals surface area contributed by atoms with Crippen molar-refractivity contribution in [2.24, 2.45) is 0 Å². The number of carbonyl (C=O) groups is 2. The van der Waals surface area contributed by atoms with Crippen molar-refractivity contribution in [1.82, 2.24) is 10.2 Å². The molecule has 0 aliphatic rings. The molecule has 0 aliphatic heterocycles. The maximum absolute atomic E-state index is 14.1. The van der Waals surface area contributed by atoms with Crippen LogP contribution in [0.2, 0.25) is 10.0 Å². The van der Waals surface area contributed by atoms with E-state index in [9.17, 15) is 18.0 Å². The number of nitrogens with zero attached hydrogens (tertiary/aromatic N) is 2. The van der Waals surface area contributed by atoms with E-state index in [4.69, 9.17) is 27.9 Å². The third-order valence-electron chi connectivity index (χ3n) is 6.69. The molecule has 0 aromatic heterocycles. The molecule has 0 unspecified atom stereocenters. The molecule has 2 amide bonds. The van der Waals surface area contributed by atoms with Gasteiger partial charge in [-0.3, -0.25) is 13.9 Å². The minimum absolute atomic E-state index is 0.0120. The second-order valence-corrected chi connectivity index (χ2v) is 12.2. The van der Waals surface area contributed by atoms with Crippen LogP contribution in [0.3, 0.4) is 0 Å². The van der Waals surface area contributed by atoms with Crippen molar-refractivity contribution in [3.05, 3.63) is 88.4 Å². The lowest BCUT2D eigenvalue weighted by molar-refractivity contribution is -0.140. The molecule has 3 aromatic carbocycles. The zero-order valence-corrected chi connectivity index (χ0v) is 25.8. The Bertz CT molecular complexity index is 1440. The van der Waals surface area contributed by atoms with Gasteiger partial charge in [-0.15, -0.1) is 0 Å². The van der Waals surface area contributed by atoms with Gasteiger partial charge in [0.15, 0.2) is 0 Å². The first kappa shape index (κ1) is 32.2. The number of benzene rings is 3. The fraction of sp³-hybridized carbons (Fsp3) is 0.333. The third kappa shape index (κ3) is 8.15. The predicted octanol–water partition coefficient (Wildman–Crippen LogP) is 5.92. The summed E-state index contributed by atoms with van der Waals surface area (Å²) < 4.78 is 34.0. The van der Waals surface area contributed by atoms with Gasteiger partial charge in [0.2, 0.25) is 11.8 Å². The lowest BCUT2D eigenvalue weighted by Crippen LogP contribution is -2.53. The zero-order valence-electron chi connectivity index (χ0n) is 23.5. The van der Waals surface area contributed by atoms with Gasteiger partial charge in [-0.2, -0.15) is 0 Å². The van der Waals surface area contributed by atoms with Crippen LogP contribution in [0, 0.1) is 0 Å². The van der Waals surface area contributed by atoms with Gasteiger partial charge < -0.3 is 15.0 Å². The summed E-state index contributed by atoms with van der Waals surface area (Å²) in [5, 5.41) is 3.33. The first-order valence-electron chi connectivity index (χ1n) is 13.3.